The Morgan fingerprint density at radius 3 is 3.12 bits per heavy atom. The fraction of sp³-hybridized carbons (Fsp3) is 0.0909. The van der Waals surface area contributed by atoms with Crippen LogP contribution in [0.5, 0.6) is 0 Å². The van der Waals surface area contributed by atoms with Gasteiger partial charge < -0.3 is 5.73 Å². The van der Waals surface area contributed by atoms with Crippen LogP contribution in [0.4, 0.5) is 0 Å². The van der Waals surface area contributed by atoms with Gasteiger partial charge in [-0.25, -0.2) is 0 Å². The summed E-state index contributed by atoms with van der Waals surface area (Å²) in [6.07, 6.45) is 0.0526. The summed E-state index contributed by atoms with van der Waals surface area (Å²) in [5, 5.41) is 7.85. The zero-order valence-corrected chi connectivity index (χ0v) is 9.84. The maximum atomic E-state index is 10.5. The number of nitrogens with zero attached hydrogens (tertiary/aromatic N) is 1. The van der Waals surface area contributed by atoms with E-state index in [1.54, 1.807) is 0 Å². The van der Waals surface area contributed by atoms with E-state index in [1.807, 2.05) is 18.2 Å². The third-order valence-electron chi connectivity index (χ3n) is 1.99. The van der Waals surface area contributed by atoms with E-state index >= 15 is 0 Å². The molecule has 0 radical (unpaired) electrons. The summed E-state index contributed by atoms with van der Waals surface area (Å²) in [7, 11) is 0. The molecule has 16 heavy (non-hydrogen) atoms. The molecule has 0 aliphatic rings. The average molecular weight is 278 g/mol. The highest BCUT2D eigenvalue weighted by atomic mass is 79.9. The van der Waals surface area contributed by atoms with Gasteiger partial charge in [0.25, 0.3) is 0 Å². The molecule has 2 rings (SSSR count). The lowest BCUT2D eigenvalue weighted by atomic mass is 10.2. The Bertz CT molecular complexity index is 606. The number of rotatable bonds is 1. The molecule has 4 nitrogen and oxygen atoms in total. The lowest BCUT2D eigenvalue weighted by Gasteiger charge is -1.89. The standard InChI is InChI=1S/C11H8BrN3O/c12-7-4-5-8-9(2-1-3-11(13)16)14-15-10(8)6-7/h4-6H,3H2,(H2,13,16)(H,14,15). The van der Waals surface area contributed by atoms with Gasteiger partial charge in [-0.2, -0.15) is 5.10 Å². The summed E-state index contributed by atoms with van der Waals surface area (Å²) in [5.41, 5.74) is 6.52. The van der Waals surface area contributed by atoms with Crippen molar-refractivity contribution in [3.63, 3.8) is 0 Å². The van der Waals surface area contributed by atoms with Crippen molar-refractivity contribution in [1.82, 2.24) is 10.2 Å². The van der Waals surface area contributed by atoms with Crippen molar-refractivity contribution >= 4 is 32.7 Å². The lowest BCUT2D eigenvalue weighted by molar-refractivity contribution is -0.117. The number of halogens is 1. The predicted octanol–water partition coefficient (Wildman–Crippen LogP) is 1.55. The number of H-pyrrole nitrogens is 1. The van der Waals surface area contributed by atoms with Crippen LogP contribution in [0.25, 0.3) is 10.9 Å². The van der Waals surface area contributed by atoms with Gasteiger partial charge in [0.15, 0.2) is 0 Å². The van der Waals surface area contributed by atoms with E-state index in [9.17, 15) is 4.79 Å². The smallest absolute Gasteiger partial charge is 0.229 e. The van der Waals surface area contributed by atoms with Crippen molar-refractivity contribution in [2.45, 2.75) is 6.42 Å². The molecule has 0 unspecified atom stereocenters. The number of nitrogens with one attached hydrogen (secondary N) is 1. The Morgan fingerprint density at radius 2 is 2.38 bits per heavy atom. The molecule has 0 saturated heterocycles. The Balaban J connectivity index is 2.38. The van der Waals surface area contributed by atoms with Gasteiger partial charge in [-0.3, -0.25) is 9.89 Å². The first-order chi connectivity index (χ1) is 7.66. The number of nitrogens with two attached hydrogens (primary N) is 1. The monoisotopic (exact) mass is 277 g/mol. The van der Waals surface area contributed by atoms with Gasteiger partial charge in [-0.15, -0.1) is 0 Å². The van der Waals surface area contributed by atoms with Gasteiger partial charge in [0.05, 0.1) is 11.9 Å². The van der Waals surface area contributed by atoms with Crippen LogP contribution in [0.3, 0.4) is 0 Å². The third kappa shape index (κ3) is 2.23. The Morgan fingerprint density at radius 1 is 1.56 bits per heavy atom. The van der Waals surface area contributed by atoms with Gasteiger partial charge in [0.1, 0.15) is 5.69 Å². The molecule has 0 saturated carbocycles. The van der Waals surface area contributed by atoms with Crippen LogP contribution >= 0.6 is 15.9 Å². The van der Waals surface area contributed by atoms with Crippen LogP contribution in [-0.4, -0.2) is 16.1 Å². The van der Waals surface area contributed by atoms with Crippen molar-refractivity contribution < 1.29 is 4.79 Å². The Hall–Kier alpha value is -1.80. The Kier molecular flexibility index (Phi) is 2.93. The number of benzene rings is 1. The van der Waals surface area contributed by atoms with Crippen LogP contribution in [0, 0.1) is 11.8 Å². The molecule has 1 aromatic carbocycles. The highest BCUT2D eigenvalue weighted by molar-refractivity contribution is 9.10. The third-order valence-corrected chi connectivity index (χ3v) is 2.49. The van der Waals surface area contributed by atoms with E-state index in [0.717, 1.165) is 15.4 Å². The minimum Gasteiger partial charge on any atom is -0.369 e. The highest BCUT2D eigenvalue weighted by Gasteiger charge is 2.02. The van der Waals surface area contributed by atoms with E-state index in [2.05, 4.69) is 38.0 Å². The summed E-state index contributed by atoms with van der Waals surface area (Å²) in [6.45, 7) is 0. The van der Waals surface area contributed by atoms with E-state index in [-0.39, 0.29) is 6.42 Å². The first kappa shape index (κ1) is 10.7. The molecule has 0 bridgehead atoms. The van der Waals surface area contributed by atoms with Crippen LogP contribution in [-0.2, 0) is 4.79 Å². The van der Waals surface area contributed by atoms with Gasteiger partial charge >= 0.3 is 0 Å². The minimum atomic E-state index is -0.431. The molecule has 0 atom stereocenters. The van der Waals surface area contributed by atoms with E-state index in [4.69, 9.17) is 5.73 Å². The molecular weight excluding hydrogens is 270 g/mol. The molecular formula is C11H8BrN3O. The van der Waals surface area contributed by atoms with Crippen molar-refractivity contribution in [3.8, 4) is 11.8 Å². The van der Waals surface area contributed by atoms with E-state index in [1.165, 1.54) is 0 Å². The van der Waals surface area contributed by atoms with Crippen LogP contribution < -0.4 is 5.73 Å². The number of aromatic nitrogens is 2. The molecule has 0 fully saturated rings. The minimum absolute atomic E-state index is 0.0526. The predicted molar refractivity (Wildman–Crippen MR) is 64.5 cm³/mol. The number of carbonyl (C=O) groups excluding carboxylic acids is 1. The van der Waals surface area contributed by atoms with Crippen molar-refractivity contribution in [3.05, 3.63) is 28.4 Å². The molecule has 1 aromatic heterocycles. The van der Waals surface area contributed by atoms with E-state index in [0.29, 0.717) is 5.69 Å². The lowest BCUT2D eigenvalue weighted by Crippen LogP contribution is -2.08. The number of fused-ring (bicyclic) bond motifs is 1. The van der Waals surface area contributed by atoms with Crippen LogP contribution in [0.2, 0.25) is 0 Å². The normalized spacial score (nSPS) is 9.81. The molecule has 3 N–H and O–H groups in total. The van der Waals surface area contributed by atoms with Crippen molar-refractivity contribution in [2.75, 3.05) is 0 Å². The molecule has 1 amide bonds. The van der Waals surface area contributed by atoms with Crippen LogP contribution in [0.15, 0.2) is 22.7 Å². The fourth-order valence-electron chi connectivity index (χ4n) is 1.30. The van der Waals surface area contributed by atoms with Crippen LogP contribution in [0.1, 0.15) is 12.1 Å². The molecule has 0 aliphatic carbocycles. The second-order valence-corrected chi connectivity index (χ2v) is 4.12. The quantitative estimate of drug-likeness (QED) is 0.777. The van der Waals surface area contributed by atoms with Crippen molar-refractivity contribution in [2.24, 2.45) is 5.73 Å². The SMILES string of the molecule is NC(=O)CC#Cc1[nH]nc2cc(Br)ccc12. The molecule has 0 spiro atoms. The van der Waals surface area contributed by atoms with Gasteiger partial charge in [0.2, 0.25) is 5.91 Å². The summed E-state index contributed by atoms with van der Waals surface area (Å²) < 4.78 is 0.961. The zero-order valence-electron chi connectivity index (χ0n) is 8.25. The topological polar surface area (TPSA) is 71.8 Å². The summed E-state index contributed by atoms with van der Waals surface area (Å²) in [5.74, 6) is 5.09. The first-order valence-corrected chi connectivity index (χ1v) is 5.37. The maximum absolute atomic E-state index is 10.5. The molecule has 0 aliphatic heterocycles. The average Bonchev–Trinajstić information content (AvgIpc) is 2.60. The van der Waals surface area contributed by atoms with Gasteiger partial charge in [0, 0.05) is 9.86 Å². The number of amides is 1. The highest BCUT2D eigenvalue weighted by Crippen LogP contribution is 2.19. The molecule has 1 heterocycles. The molecule has 80 valence electrons. The second kappa shape index (κ2) is 4.37. The zero-order chi connectivity index (χ0) is 11.5. The number of carbonyl (C=O) groups is 1. The molecule has 5 heteroatoms. The Labute approximate surface area is 100 Å². The summed E-state index contributed by atoms with van der Waals surface area (Å²) in [4.78, 5) is 10.5. The van der Waals surface area contributed by atoms with Gasteiger partial charge in [-0.05, 0) is 24.1 Å². The summed E-state index contributed by atoms with van der Waals surface area (Å²) in [6, 6.07) is 5.72. The second-order valence-electron chi connectivity index (χ2n) is 3.20. The number of aromatic amines is 1. The fourth-order valence-corrected chi connectivity index (χ4v) is 1.65. The maximum Gasteiger partial charge on any atom is 0.229 e. The number of primary amides is 1. The van der Waals surface area contributed by atoms with Crippen molar-refractivity contribution in [1.29, 1.82) is 0 Å². The first-order valence-electron chi connectivity index (χ1n) is 4.57. The largest absolute Gasteiger partial charge is 0.369 e. The molecule has 2 aromatic rings. The number of hydrogen-bond acceptors (Lipinski definition) is 2. The summed E-state index contributed by atoms with van der Waals surface area (Å²) >= 11 is 3.36. The van der Waals surface area contributed by atoms with Gasteiger partial charge in [-0.1, -0.05) is 21.9 Å². The van der Waals surface area contributed by atoms with E-state index < -0.39 is 5.91 Å². The number of hydrogen-bond donors (Lipinski definition) is 2.